The summed E-state index contributed by atoms with van der Waals surface area (Å²) in [6, 6.07) is 17.9. The molecule has 0 radical (unpaired) electrons. The number of nitrogens with zero attached hydrogens (tertiary/aromatic N) is 2. The van der Waals surface area contributed by atoms with Gasteiger partial charge in [0.25, 0.3) is 0 Å². The molecule has 0 unspecified atom stereocenters. The van der Waals surface area contributed by atoms with Gasteiger partial charge in [0.1, 0.15) is 5.54 Å². The minimum atomic E-state index is -0.975. The zero-order valence-corrected chi connectivity index (χ0v) is 21.5. The maximum atomic E-state index is 13.5. The summed E-state index contributed by atoms with van der Waals surface area (Å²) in [7, 11) is 0. The molecule has 2 aromatic carbocycles. The maximum Gasteiger partial charge on any atom is 0.245 e. The molecule has 2 N–H and O–H groups in total. The van der Waals surface area contributed by atoms with Crippen LogP contribution in [0.15, 0.2) is 60.8 Å². The molecule has 1 aromatic heterocycles. The van der Waals surface area contributed by atoms with E-state index in [1.54, 1.807) is 4.90 Å². The van der Waals surface area contributed by atoms with E-state index < -0.39 is 5.54 Å². The summed E-state index contributed by atoms with van der Waals surface area (Å²) in [6.45, 7) is 9.10. The van der Waals surface area contributed by atoms with Crippen LogP contribution in [-0.2, 0) is 27.2 Å². The van der Waals surface area contributed by atoms with Crippen molar-refractivity contribution in [3.05, 3.63) is 71.9 Å². The number of carbonyl (C=O) groups is 2. The number of amides is 2. The Morgan fingerprint density at radius 1 is 1.06 bits per heavy atom. The number of carbonyl (C=O) groups excluding carboxylic acids is 2. The first-order chi connectivity index (χ1) is 17.4. The lowest BCUT2D eigenvalue weighted by Gasteiger charge is -2.37. The molecule has 0 atom stereocenters. The highest BCUT2D eigenvalue weighted by Crippen LogP contribution is 2.22. The van der Waals surface area contributed by atoms with Gasteiger partial charge >= 0.3 is 0 Å². The molecule has 0 spiro atoms. The Bertz CT molecular complexity index is 1140. The standard InChI is InChI=1S/C29H38N4O3/c1-29(2,28(35)30-14-8-15-32-17-19-36-20-18-32)33(27(34)21-23-9-4-3-5-10-23)16-13-24-22-31-26-12-7-6-11-25(24)26/h3-7,9-12,22,31H,8,13-21H2,1-2H3,(H,30,35). The first kappa shape index (κ1) is 25.9. The second-order valence-corrected chi connectivity index (χ2v) is 9.94. The summed E-state index contributed by atoms with van der Waals surface area (Å²) in [5.41, 5.74) is 2.19. The molecule has 2 heterocycles. The van der Waals surface area contributed by atoms with E-state index in [4.69, 9.17) is 4.74 Å². The summed E-state index contributed by atoms with van der Waals surface area (Å²) >= 11 is 0. The third-order valence-electron chi connectivity index (χ3n) is 7.05. The SMILES string of the molecule is CC(C)(C(=O)NCCCN1CCOCC1)N(CCc1c[nH]c2ccccc12)C(=O)Cc1ccccc1. The highest BCUT2D eigenvalue weighted by Gasteiger charge is 2.37. The molecule has 3 aromatic rings. The van der Waals surface area contributed by atoms with Gasteiger partial charge in [-0.2, -0.15) is 0 Å². The minimum Gasteiger partial charge on any atom is -0.379 e. The monoisotopic (exact) mass is 490 g/mol. The molecule has 2 amide bonds. The normalized spacial score (nSPS) is 14.6. The summed E-state index contributed by atoms with van der Waals surface area (Å²) < 4.78 is 5.40. The van der Waals surface area contributed by atoms with Crippen LogP contribution in [0.4, 0.5) is 0 Å². The van der Waals surface area contributed by atoms with Gasteiger partial charge in [-0.3, -0.25) is 14.5 Å². The van der Waals surface area contributed by atoms with Crippen LogP contribution < -0.4 is 5.32 Å². The maximum absolute atomic E-state index is 13.5. The molecule has 0 aliphatic carbocycles. The molecule has 1 aliphatic rings. The zero-order valence-electron chi connectivity index (χ0n) is 21.5. The lowest BCUT2D eigenvalue weighted by atomic mass is 9.98. The Labute approximate surface area is 213 Å². The fraction of sp³-hybridized carbons (Fsp3) is 0.448. The molecule has 0 saturated carbocycles. The van der Waals surface area contributed by atoms with Crippen molar-refractivity contribution in [3.63, 3.8) is 0 Å². The fourth-order valence-electron chi connectivity index (χ4n) is 4.82. The van der Waals surface area contributed by atoms with Crippen molar-refractivity contribution in [2.75, 3.05) is 45.9 Å². The Morgan fingerprint density at radius 2 is 1.78 bits per heavy atom. The number of para-hydroxylation sites is 1. The molecule has 1 aliphatic heterocycles. The summed E-state index contributed by atoms with van der Waals surface area (Å²) in [5, 5.41) is 4.24. The summed E-state index contributed by atoms with van der Waals surface area (Å²) in [5.74, 6) is -0.167. The molecule has 192 valence electrons. The number of nitrogens with one attached hydrogen (secondary N) is 2. The van der Waals surface area contributed by atoms with Crippen LogP contribution in [0.25, 0.3) is 10.9 Å². The molecule has 0 bridgehead atoms. The van der Waals surface area contributed by atoms with Crippen molar-refractivity contribution in [2.24, 2.45) is 0 Å². The van der Waals surface area contributed by atoms with Crippen LogP contribution in [0.1, 0.15) is 31.4 Å². The number of aromatic nitrogens is 1. The van der Waals surface area contributed by atoms with Crippen LogP contribution in [0, 0.1) is 0 Å². The average Bonchev–Trinajstić information content (AvgIpc) is 3.31. The molecule has 1 fully saturated rings. The smallest absolute Gasteiger partial charge is 0.245 e. The van der Waals surface area contributed by atoms with E-state index in [0.717, 1.165) is 61.3 Å². The number of aromatic amines is 1. The second-order valence-electron chi connectivity index (χ2n) is 9.94. The van der Waals surface area contributed by atoms with Crippen LogP contribution in [-0.4, -0.2) is 78.1 Å². The van der Waals surface area contributed by atoms with Gasteiger partial charge in [0.2, 0.25) is 11.8 Å². The van der Waals surface area contributed by atoms with Gasteiger partial charge in [-0.25, -0.2) is 0 Å². The van der Waals surface area contributed by atoms with E-state index in [9.17, 15) is 9.59 Å². The molecule has 7 nitrogen and oxygen atoms in total. The molecule has 1 saturated heterocycles. The topological polar surface area (TPSA) is 77.7 Å². The highest BCUT2D eigenvalue weighted by molar-refractivity contribution is 5.91. The second kappa shape index (κ2) is 12.2. The number of hydrogen-bond acceptors (Lipinski definition) is 4. The lowest BCUT2D eigenvalue weighted by molar-refractivity contribution is -0.145. The lowest BCUT2D eigenvalue weighted by Crippen LogP contribution is -2.58. The third kappa shape index (κ3) is 6.53. The van der Waals surface area contributed by atoms with Gasteiger partial charge in [-0.05, 0) is 50.4 Å². The molecule has 36 heavy (non-hydrogen) atoms. The van der Waals surface area contributed by atoms with E-state index in [1.165, 1.54) is 0 Å². The molecule has 4 rings (SSSR count). The van der Waals surface area contributed by atoms with Crippen molar-refractivity contribution < 1.29 is 14.3 Å². The fourth-order valence-corrected chi connectivity index (χ4v) is 4.82. The molecular formula is C29H38N4O3. The first-order valence-electron chi connectivity index (χ1n) is 12.9. The number of hydrogen-bond donors (Lipinski definition) is 2. The van der Waals surface area contributed by atoms with E-state index >= 15 is 0 Å². The third-order valence-corrected chi connectivity index (χ3v) is 7.05. The number of benzene rings is 2. The summed E-state index contributed by atoms with van der Waals surface area (Å²) in [4.78, 5) is 34.3. The van der Waals surface area contributed by atoms with Gasteiger partial charge in [-0.15, -0.1) is 0 Å². The predicted octanol–water partition coefficient (Wildman–Crippen LogP) is 3.40. The van der Waals surface area contributed by atoms with Crippen molar-refractivity contribution in [3.8, 4) is 0 Å². The first-order valence-corrected chi connectivity index (χ1v) is 12.9. The minimum absolute atomic E-state index is 0.0468. The Kier molecular flexibility index (Phi) is 8.78. The van der Waals surface area contributed by atoms with Crippen LogP contribution in [0.5, 0.6) is 0 Å². The zero-order chi connectivity index (χ0) is 25.4. The number of fused-ring (bicyclic) bond motifs is 1. The Balaban J connectivity index is 1.42. The van der Waals surface area contributed by atoms with Gasteiger partial charge in [-0.1, -0.05) is 48.5 Å². The van der Waals surface area contributed by atoms with Gasteiger partial charge in [0.05, 0.1) is 19.6 Å². The van der Waals surface area contributed by atoms with Gasteiger partial charge < -0.3 is 19.9 Å². The summed E-state index contributed by atoms with van der Waals surface area (Å²) in [6.07, 6.45) is 3.80. The largest absolute Gasteiger partial charge is 0.379 e. The van der Waals surface area contributed by atoms with Crippen molar-refractivity contribution in [2.45, 2.75) is 38.6 Å². The van der Waals surface area contributed by atoms with Crippen molar-refractivity contribution >= 4 is 22.7 Å². The average molecular weight is 491 g/mol. The quantitative estimate of drug-likeness (QED) is 0.404. The predicted molar refractivity (Wildman–Crippen MR) is 143 cm³/mol. The van der Waals surface area contributed by atoms with Gasteiger partial charge in [0.15, 0.2) is 0 Å². The molecule has 7 heteroatoms. The van der Waals surface area contributed by atoms with Crippen molar-refractivity contribution in [1.29, 1.82) is 0 Å². The van der Waals surface area contributed by atoms with Crippen LogP contribution in [0.3, 0.4) is 0 Å². The van der Waals surface area contributed by atoms with E-state index in [0.29, 0.717) is 19.5 Å². The number of H-pyrrole nitrogens is 1. The van der Waals surface area contributed by atoms with Gasteiger partial charge in [0, 0.05) is 43.3 Å². The van der Waals surface area contributed by atoms with E-state index in [-0.39, 0.29) is 18.2 Å². The number of ether oxygens (including phenoxy) is 1. The Hall–Kier alpha value is -3.16. The van der Waals surface area contributed by atoms with Crippen molar-refractivity contribution in [1.82, 2.24) is 20.1 Å². The number of morpholine rings is 1. The Morgan fingerprint density at radius 3 is 2.56 bits per heavy atom. The van der Waals surface area contributed by atoms with E-state index in [1.807, 2.05) is 68.6 Å². The van der Waals surface area contributed by atoms with Crippen LogP contribution in [0.2, 0.25) is 0 Å². The van der Waals surface area contributed by atoms with Crippen LogP contribution >= 0.6 is 0 Å². The molecular weight excluding hydrogens is 452 g/mol. The highest BCUT2D eigenvalue weighted by atomic mass is 16.5. The van der Waals surface area contributed by atoms with E-state index in [2.05, 4.69) is 21.3 Å². The number of rotatable bonds is 11.